The number of hydrogen-bond donors (Lipinski definition) is 1. The number of imidazole rings is 1. The second-order valence-electron chi connectivity index (χ2n) is 4.38. The summed E-state index contributed by atoms with van der Waals surface area (Å²) in [5.74, 6) is 1.05. The molecule has 2 heterocycles. The summed E-state index contributed by atoms with van der Waals surface area (Å²) in [7, 11) is 4.19. The molecule has 0 amide bonds. The van der Waals surface area contributed by atoms with E-state index in [1.807, 2.05) is 6.07 Å². The standard InChI is InChI=1S/C12H16N4/c1-15(9-7-13-8-9)12-14-10-5-3-4-6-11(10)16(12)2/h3-6,9,13H,7-8H2,1-2H3. The van der Waals surface area contributed by atoms with Crippen molar-refractivity contribution >= 4 is 17.0 Å². The number of nitrogens with one attached hydrogen (secondary N) is 1. The highest BCUT2D eigenvalue weighted by Crippen LogP contribution is 2.22. The predicted molar refractivity (Wildman–Crippen MR) is 65.8 cm³/mol. The lowest BCUT2D eigenvalue weighted by Crippen LogP contribution is -2.56. The molecule has 0 unspecified atom stereocenters. The molecule has 0 atom stereocenters. The highest BCUT2D eigenvalue weighted by molar-refractivity contribution is 5.78. The van der Waals surface area contributed by atoms with Gasteiger partial charge in [0.25, 0.3) is 0 Å². The van der Waals surface area contributed by atoms with E-state index >= 15 is 0 Å². The Bertz CT molecular complexity index is 513. The van der Waals surface area contributed by atoms with Gasteiger partial charge < -0.3 is 14.8 Å². The lowest BCUT2D eigenvalue weighted by Gasteiger charge is -2.36. The van der Waals surface area contributed by atoms with E-state index in [0.29, 0.717) is 6.04 Å². The van der Waals surface area contributed by atoms with Gasteiger partial charge in [0.15, 0.2) is 0 Å². The van der Waals surface area contributed by atoms with Crippen molar-refractivity contribution in [3.8, 4) is 0 Å². The average Bonchev–Trinajstić information content (AvgIpc) is 2.54. The zero-order valence-corrected chi connectivity index (χ0v) is 9.64. The topological polar surface area (TPSA) is 33.1 Å². The SMILES string of the molecule is CN(c1nc2ccccc2n1C)C1CNC1. The lowest BCUT2D eigenvalue weighted by molar-refractivity contribution is 0.423. The summed E-state index contributed by atoms with van der Waals surface area (Å²) >= 11 is 0. The minimum absolute atomic E-state index is 0.579. The molecular formula is C12H16N4. The highest BCUT2D eigenvalue weighted by Gasteiger charge is 2.24. The van der Waals surface area contributed by atoms with Gasteiger partial charge in [-0.15, -0.1) is 0 Å². The first-order valence-corrected chi connectivity index (χ1v) is 5.62. The summed E-state index contributed by atoms with van der Waals surface area (Å²) in [6.07, 6.45) is 0. The summed E-state index contributed by atoms with van der Waals surface area (Å²) < 4.78 is 2.16. The molecule has 4 nitrogen and oxygen atoms in total. The Morgan fingerprint density at radius 3 is 2.75 bits per heavy atom. The molecule has 16 heavy (non-hydrogen) atoms. The lowest BCUT2D eigenvalue weighted by atomic mass is 10.1. The first-order valence-electron chi connectivity index (χ1n) is 5.62. The zero-order valence-electron chi connectivity index (χ0n) is 9.64. The van der Waals surface area contributed by atoms with Crippen LogP contribution in [0.25, 0.3) is 11.0 Å². The van der Waals surface area contributed by atoms with E-state index in [9.17, 15) is 0 Å². The Kier molecular flexibility index (Phi) is 2.11. The molecule has 1 saturated heterocycles. The van der Waals surface area contributed by atoms with Gasteiger partial charge in [0.2, 0.25) is 5.95 Å². The number of fused-ring (bicyclic) bond motifs is 1. The van der Waals surface area contributed by atoms with Crippen molar-refractivity contribution in [2.24, 2.45) is 7.05 Å². The molecule has 0 aliphatic carbocycles. The van der Waals surface area contributed by atoms with Gasteiger partial charge >= 0.3 is 0 Å². The molecule has 1 aromatic heterocycles. The van der Waals surface area contributed by atoms with Crippen LogP contribution >= 0.6 is 0 Å². The van der Waals surface area contributed by atoms with Crippen LogP contribution in [-0.4, -0.2) is 35.7 Å². The van der Waals surface area contributed by atoms with E-state index in [1.165, 1.54) is 5.52 Å². The summed E-state index contributed by atoms with van der Waals surface area (Å²) in [4.78, 5) is 6.94. The maximum absolute atomic E-state index is 4.68. The number of anilines is 1. The predicted octanol–water partition coefficient (Wildman–Crippen LogP) is 0.981. The minimum Gasteiger partial charge on any atom is -0.340 e. The van der Waals surface area contributed by atoms with Gasteiger partial charge in [0.1, 0.15) is 0 Å². The summed E-state index contributed by atoms with van der Waals surface area (Å²) in [6.45, 7) is 2.11. The number of rotatable bonds is 2. The number of likely N-dealkylation sites (N-methyl/N-ethyl adjacent to an activating group) is 1. The molecular weight excluding hydrogens is 200 g/mol. The van der Waals surface area contributed by atoms with Gasteiger partial charge in [0.05, 0.1) is 17.1 Å². The molecule has 84 valence electrons. The Labute approximate surface area is 94.9 Å². The van der Waals surface area contributed by atoms with E-state index in [-0.39, 0.29) is 0 Å². The van der Waals surface area contributed by atoms with Crippen LogP contribution in [0.1, 0.15) is 0 Å². The molecule has 1 fully saturated rings. The van der Waals surface area contributed by atoms with Crippen molar-refractivity contribution in [3.05, 3.63) is 24.3 Å². The van der Waals surface area contributed by atoms with E-state index in [1.54, 1.807) is 0 Å². The first-order chi connectivity index (χ1) is 7.77. The fraction of sp³-hybridized carbons (Fsp3) is 0.417. The number of aromatic nitrogens is 2. The molecule has 0 radical (unpaired) electrons. The fourth-order valence-electron chi connectivity index (χ4n) is 2.16. The molecule has 0 saturated carbocycles. The second kappa shape index (κ2) is 3.49. The monoisotopic (exact) mass is 216 g/mol. The average molecular weight is 216 g/mol. The van der Waals surface area contributed by atoms with Crippen LogP contribution in [0, 0.1) is 0 Å². The maximum Gasteiger partial charge on any atom is 0.206 e. The molecule has 4 heteroatoms. The van der Waals surface area contributed by atoms with Gasteiger partial charge in [0, 0.05) is 27.2 Å². The number of aryl methyl sites for hydroxylation is 1. The summed E-state index contributed by atoms with van der Waals surface area (Å²) in [5, 5.41) is 3.29. The van der Waals surface area contributed by atoms with Gasteiger partial charge in [-0.05, 0) is 12.1 Å². The van der Waals surface area contributed by atoms with Crippen LogP contribution < -0.4 is 10.2 Å². The van der Waals surface area contributed by atoms with Crippen molar-refractivity contribution in [1.29, 1.82) is 0 Å². The van der Waals surface area contributed by atoms with E-state index in [0.717, 1.165) is 24.6 Å². The number of benzene rings is 1. The molecule has 0 bridgehead atoms. The fourth-order valence-corrected chi connectivity index (χ4v) is 2.16. The third-order valence-corrected chi connectivity index (χ3v) is 3.39. The zero-order chi connectivity index (χ0) is 11.1. The maximum atomic E-state index is 4.68. The normalized spacial score (nSPS) is 16.4. The van der Waals surface area contributed by atoms with Crippen LogP contribution in [0.15, 0.2) is 24.3 Å². The van der Waals surface area contributed by atoms with E-state index in [2.05, 4.69) is 52.1 Å². The first kappa shape index (κ1) is 9.66. The van der Waals surface area contributed by atoms with Gasteiger partial charge in [-0.2, -0.15) is 0 Å². The second-order valence-corrected chi connectivity index (χ2v) is 4.38. The van der Waals surface area contributed by atoms with Crippen molar-refractivity contribution in [2.75, 3.05) is 25.0 Å². The Balaban J connectivity index is 2.05. The highest BCUT2D eigenvalue weighted by atomic mass is 15.3. The smallest absolute Gasteiger partial charge is 0.206 e. The largest absolute Gasteiger partial charge is 0.340 e. The third-order valence-electron chi connectivity index (χ3n) is 3.39. The summed E-state index contributed by atoms with van der Waals surface area (Å²) in [6, 6.07) is 8.84. The van der Waals surface area contributed by atoms with E-state index in [4.69, 9.17) is 0 Å². The van der Waals surface area contributed by atoms with Crippen molar-refractivity contribution in [1.82, 2.24) is 14.9 Å². The van der Waals surface area contributed by atoms with Crippen LogP contribution in [0.4, 0.5) is 5.95 Å². The van der Waals surface area contributed by atoms with Gasteiger partial charge in [-0.1, -0.05) is 12.1 Å². The number of nitrogens with zero attached hydrogens (tertiary/aromatic N) is 3. The minimum atomic E-state index is 0.579. The number of para-hydroxylation sites is 2. The Morgan fingerprint density at radius 2 is 2.12 bits per heavy atom. The Hall–Kier alpha value is -1.55. The molecule has 1 aliphatic rings. The van der Waals surface area contributed by atoms with E-state index < -0.39 is 0 Å². The molecule has 2 aromatic rings. The van der Waals surface area contributed by atoms with Crippen LogP contribution in [0.2, 0.25) is 0 Å². The molecule has 3 rings (SSSR count). The van der Waals surface area contributed by atoms with Crippen LogP contribution in [-0.2, 0) is 7.05 Å². The molecule has 0 spiro atoms. The van der Waals surface area contributed by atoms with Gasteiger partial charge in [-0.25, -0.2) is 4.98 Å². The number of hydrogen-bond acceptors (Lipinski definition) is 3. The van der Waals surface area contributed by atoms with Crippen LogP contribution in [0.3, 0.4) is 0 Å². The molecule has 1 aliphatic heterocycles. The van der Waals surface area contributed by atoms with Crippen molar-refractivity contribution in [2.45, 2.75) is 6.04 Å². The Morgan fingerprint density at radius 1 is 1.38 bits per heavy atom. The van der Waals surface area contributed by atoms with Crippen molar-refractivity contribution < 1.29 is 0 Å². The van der Waals surface area contributed by atoms with Crippen molar-refractivity contribution in [3.63, 3.8) is 0 Å². The summed E-state index contributed by atoms with van der Waals surface area (Å²) in [5.41, 5.74) is 2.26. The molecule has 1 N–H and O–H groups in total. The van der Waals surface area contributed by atoms with Crippen LogP contribution in [0.5, 0.6) is 0 Å². The van der Waals surface area contributed by atoms with Gasteiger partial charge in [-0.3, -0.25) is 0 Å². The molecule has 1 aromatic carbocycles. The third kappa shape index (κ3) is 1.30. The quantitative estimate of drug-likeness (QED) is 0.812.